The lowest BCUT2D eigenvalue weighted by Gasteiger charge is -2.31. The summed E-state index contributed by atoms with van der Waals surface area (Å²) in [5.41, 5.74) is 0.995. The van der Waals surface area contributed by atoms with Gasteiger partial charge in [0.05, 0.1) is 7.11 Å². The van der Waals surface area contributed by atoms with Crippen LogP contribution in [0.5, 0.6) is 5.75 Å². The summed E-state index contributed by atoms with van der Waals surface area (Å²) in [4.78, 5) is 14.0. The van der Waals surface area contributed by atoms with Crippen LogP contribution in [0.2, 0.25) is 0 Å². The van der Waals surface area contributed by atoms with Crippen molar-refractivity contribution in [2.75, 3.05) is 27.2 Å². The Morgan fingerprint density at radius 3 is 2.75 bits per heavy atom. The van der Waals surface area contributed by atoms with Crippen molar-refractivity contribution in [3.05, 3.63) is 35.9 Å². The number of amides is 1. The number of piperidine rings is 1. The number of hydrogen-bond donors (Lipinski definition) is 1. The normalized spacial score (nSPS) is 19.0. The molecule has 4 heteroatoms. The second-order valence-electron chi connectivity index (χ2n) is 5.06. The van der Waals surface area contributed by atoms with Gasteiger partial charge in [0, 0.05) is 25.7 Å². The molecule has 1 aromatic carbocycles. The molecule has 1 atom stereocenters. The number of hydrogen-bond acceptors (Lipinski definition) is 3. The van der Waals surface area contributed by atoms with Crippen molar-refractivity contribution in [3.8, 4) is 5.75 Å². The van der Waals surface area contributed by atoms with Gasteiger partial charge in [-0.15, -0.1) is 0 Å². The molecule has 1 aliphatic heterocycles. The van der Waals surface area contributed by atoms with Gasteiger partial charge in [-0.05, 0) is 43.2 Å². The van der Waals surface area contributed by atoms with E-state index in [2.05, 4.69) is 5.32 Å². The van der Waals surface area contributed by atoms with Crippen LogP contribution in [0.4, 0.5) is 0 Å². The Balaban J connectivity index is 1.93. The maximum Gasteiger partial charge on any atom is 0.246 e. The second-order valence-corrected chi connectivity index (χ2v) is 5.06. The Morgan fingerprint density at radius 1 is 1.40 bits per heavy atom. The van der Waals surface area contributed by atoms with Crippen LogP contribution in [-0.2, 0) is 4.79 Å². The summed E-state index contributed by atoms with van der Waals surface area (Å²) in [6, 6.07) is 7.95. The van der Waals surface area contributed by atoms with Crippen LogP contribution in [-0.4, -0.2) is 44.1 Å². The van der Waals surface area contributed by atoms with E-state index in [-0.39, 0.29) is 5.91 Å². The molecule has 1 heterocycles. The number of benzene rings is 1. The summed E-state index contributed by atoms with van der Waals surface area (Å²) < 4.78 is 5.11. The van der Waals surface area contributed by atoms with Gasteiger partial charge >= 0.3 is 0 Å². The molecule has 1 N–H and O–H groups in total. The largest absolute Gasteiger partial charge is 0.497 e. The Hall–Kier alpha value is -1.81. The Bertz CT molecular complexity index is 462. The first-order valence-corrected chi connectivity index (χ1v) is 7.00. The highest BCUT2D eigenvalue weighted by Crippen LogP contribution is 2.13. The van der Waals surface area contributed by atoms with Crippen LogP contribution in [0.15, 0.2) is 30.3 Å². The van der Waals surface area contributed by atoms with E-state index >= 15 is 0 Å². The monoisotopic (exact) mass is 274 g/mol. The number of carbonyl (C=O) groups is 1. The Morgan fingerprint density at radius 2 is 2.15 bits per heavy atom. The molecule has 4 nitrogen and oxygen atoms in total. The zero-order chi connectivity index (χ0) is 14.4. The van der Waals surface area contributed by atoms with E-state index in [9.17, 15) is 4.79 Å². The molecule has 0 bridgehead atoms. The fraction of sp³-hybridized carbons (Fsp3) is 0.438. The van der Waals surface area contributed by atoms with E-state index in [0.29, 0.717) is 6.04 Å². The maximum absolute atomic E-state index is 12.1. The van der Waals surface area contributed by atoms with Crippen molar-refractivity contribution in [2.45, 2.75) is 18.9 Å². The van der Waals surface area contributed by atoms with Gasteiger partial charge in [0.25, 0.3) is 0 Å². The molecule has 2 rings (SSSR count). The minimum absolute atomic E-state index is 0.0505. The molecule has 1 aromatic rings. The summed E-state index contributed by atoms with van der Waals surface area (Å²) in [5, 5.41) is 3.33. The molecule has 1 saturated heterocycles. The highest BCUT2D eigenvalue weighted by molar-refractivity contribution is 5.91. The van der Waals surface area contributed by atoms with E-state index in [1.165, 1.54) is 0 Å². The SMILES string of the molecule is COc1ccc(C=CC(=O)N(C)C2CCCNC2)cc1. The molecule has 20 heavy (non-hydrogen) atoms. The molecule has 0 saturated carbocycles. The number of likely N-dealkylation sites (N-methyl/N-ethyl adjacent to an activating group) is 1. The first-order chi connectivity index (χ1) is 9.70. The van der Waals surface area contributed by atoms with Crippen LogP contribution in [0.3, 0.4) is 0 Å². The Kier molecular flexibility index (Phi) is 5.18. The number of nitrogens with zero attached hydrogens (tertiary/aromatic N) is 1. The van der Waals surface area contributed by atoms with Gasteiger partial charge in [0.15, 0.2) is 0 Å². The standard InChI is InChI=1S/C16H22N2O2/c1-18(14-4-3-11-17-12-14)16(19)10-7-13-5-8-15(20-2)9-6-13/h5-10,14,17H,3-4,11-12H2,1-2H3. The van der Waals surface area contributed by atoms with Gasteiger partial charge in [-0.25, -0.2) is 0 Å². The molecule has 1 fully saturated rings. The summed E-state index contributed by atoms with van der Waals surface area (Å²) >= 11 is 0. The average Bonchev–Trinajstić information content (AvgIpc) is 2.53. The summed E-state index contributed by atoms with van der Waals surface area (Å²) in [6.45, 7) is 1.94. The summed E-state index contributed by atoms with van der Waals surface area (Å²) in [7, 11) is 3.51. The van der Waals surface area contributed by atoms with Crippen molar-refractivity contribution in [1.82, 2.24) is 10.2 Å². The van der Waals surface area contributed by atoms with E-state index in [0.717, 1.165) is 37.2 Å². The zero-order valence-electron chi connectivity index (χ0n) is 12.1. The third-order valence-electron chi connectivity index (χ3n) is 3.70. The maximum atomic E-state index is 12.1. The molecule has 108 valence electrons. The minimum Gasteiger partial charge on any atom is -0.497 e. The van der Waals surface area contributed by atoms with Crippen LogP contribution >= 0.6 is 0 Å². The van der Waals surface area contributed by atoms with E-state index in [4.69, 9.17) is 4.74 Å². The van der Waals surface area contributed by atoms with Crippen molar-refractivity contribution in [1.29, 1.82) is 0 Å². The minimum atomic E-state index is 0.0505. The predicted octanol–water partition coefficient (Wildman–Crippen LogP) is 1.92. The van der Waals surface area contributed by atoms with Gasteiger partial charge in [0.1, 0.15) is 5.75 Å². The van der Waals surface area contributed by atoms with Crippen molar-refractivity contribution >= 4 is 12.0 Å². The molecule has 1 aliphatic rings. The summed E-state index contributed by atoms with van der Waals surface area (Å²) in [6.07, 6.45) is 5.68. The van der Waals surface area contributed by atoms with Gasteiger partial charge in [0.2, 0.25) is 5.91 Å². The lowest BCUT2D eigenvalue weighted by molar-refractivity contribution is -0.127. The second kappa shape index (κ2) is 7.10. The van der Waals surface area contributed by atoms with Crippen molar-refractivity contribution in [3.63, 3.8) is 0 Å². The summed E-state index contributed by atoms with van der Waals surface area (Å²) in [5.74, 6) is 0.869. The van der Waals surface area contributed by atoms with Crippen LogP contribution < -0.4 is 10.1 Å². The first-order valence-electron chi connectivity index (χ1n) is 7.00. The number of carbonyl (C=O) groups excluding carboxylic acids is 1. The topological polar surface area (TPSA) is 41.6 Å². The molecular weight excluding hydrogens is 252 g/mol. The Labute approximate surface area is 120 Å². The smallest absolute Gasteiger partial charge is 0.246 e. The van der Waals surface area contributed by atoms with Crippen molar-refractivity contribution in [2.24, 2.45) is 0 Å². The van der Waals surface area contributed by atoms with Crippen molar-refractivity contribution < 1.29 is 9.53 Å². The quantitative estimate of drug-likeness (QED) is 0.853. The fourth-order valence-corrected chi connectivity index (χ4v) is 2.34. The van der Waals surface area contributed by atoms with Crippen LogP contribution in [0.1, 0.15) is 18.4 Å². The lowest BCUT2D eigenvalue weighted by Crippen LogP contribution is -2.46. The number of methoxy groups -OCH3 is 1. The lowest BCUT2D eigenvalue weighted by atomic mass is 10.1. The number of ether oxygens (including phenoxy) is 1. The van der Waals surface area contributed by atoms with Gasteiger partial charge in [-0.3, -0.25) is 4.79 Å². The van der Waals surface area contributed by atoms with E-state index < -0.39 is 0 Å². The van der Waals surface area contributed by atoms with E-state index in [1.807, 2.05) is 42.3 Å². The van der Waals surface area contributed by atoms with Crippen LogP contribution in [0.25, 0.3) is 6.08 Å². The van der Waals surface area contributed by atoms with Gasteiger partial charge < -0.3 is 15.0 Å². The van der Waals surface area contributed by atoms with Gasteiger partial charge in [-0.2, -0.15) is 0 Å². The van der Waals surface area contributed by atoms with Gasteiger partial charge in [-0.1, -0.05) is 12.1 Å². The number of nitrogens with one attached hydrogen (secondary N) is 1. The average molecular weight is 274 g/mol. The number of rotatable bonds is 4. The molecule has 0 aromatic heterocycles. The van der Waals surface area contributed by atoms with E-state index in [1.54, 1.807) is 13.2 Å². The molecule has 1 unspecified atom stereocenters. The molecule has 0 spiro atoms. The highest BCUT2D eigenvalue weighted by Gasteiger charge is 2.20. The molecule has 0 radical (unpaired) electrons. The third kappa shape index (κ3) is 3.84. The third-order valence-corrected chi connectivity index (χ3v) is 3.70. The molecule has 1 amide bonds. The highest BCUT2D eigenvalue weighted by atomic mass is 16.5. The molecule has 0 aliphatic carbocycles. The fourth-order valence-electron chi connectivity index (χ4n) is 2.34. The van der Waals surface area contributed by atoms with Crippen LogP contribution in [0, 0.1) is 0 Å². The predicted molar refractivity (Wildman–Crippen MR) is 80.7 cm³/mol. The first kappa shape index (κ1) is 14.6. The molecular formula is C16H22N2O2. The zero-order valence-corrected chi connectivity index (χ0v) is 12.1.